The lowest BCUT2D eigenvalue weighted by atomic mass is 9.86. The predicted molar refractivity (Wildman–Crippen MR) is 100 cm³/mol. The molecule has 7 heteroatoms. The van der Waals surface area contributed by atoms with Gasteiger partial charge in [-0.05, 0) is 24.6 Å². The molecule has 3 aromatic rings. The molecular weight excluding hydrogens is 352 g/mol. The molecule has 6 nitrogen and oxygen atoms in total. The minimum absolute atomic E-state index is 0.376. The standard InChI is InChI=1S/C19H18N2O4S/c1-12-7-9-13(10-8-12)14(11-21(23)24)17(19(22)25-2)18-20-15-5-3-4-6-16(15)26-18/h3-10,14,17H,11H2,1-2H3/t14-,17?/m0/s1. The van der Waals surface area contributed by atoms with E-state index >= 15 is 0 Å². The number of hydrogen-bond donors (Lipinski definition) is 0. The van der Waals surface area contributed by atoms with Gasteiger partial charge in [-0.15, -0.1) is 11.3 Å². The van der Waals surface area contributed by atoms with Crippen LogP contribution in [0.3, 0.4) is 0 Å². The van der Waals surface area contributed by atoms with Crippen molar-refractivity contribution < 1.29 is 14.5 Å². The summed E-state index contributed by atoms with van der Waals surface area (Å²) in [4.78, 5) is 28.0. The Morgan fingerprint density at radius 3 is 2.54 bits per heavy atom. The molecule has 26 heavy (non-hydrogen) atoms. The van der Waals surface area contributed by atoms with Crippen molar-refractivity contribution >= 4 is 27.5 Å². The van der Waals surface area contributed by atoms with E-state index in [-0.39, 0.29) is 6.54 Å². The van der Waals surface area contributed by atoms with E-state index in [9.17, 15) is 14.9 Å². The van der Waals surface area contributed by atoms with Crippen LogP contribution in [0.1, 0.15) is 28.0 Å². The number of aromatic nitrogens is 1. The number of rotatable bonds is 6. The van der Waals surface area contributed by atoms with Gasteiger partial charge in [-0.1, -0.05) is 42.0 Å². The highest BCUT2D eigenvalue weighted by Crippen LogP contribution is 2.38. The maximum Gasteiger partial charge on any atom is 0.316 e. The van der Waals surface area contributed by atoms with Gasteiger partial charge < -0.3 is 4.74 Å². The number of aryl methyl sites for hydroxylation is 1. The summed E-state index contributed by atoms with van der Waals surface area (Å²) in [6.45, 7) is 1.57. The summed E-state index contributed by atoms with van der Waals surface area (Å²) in [5.74, 6) is -2.00. The number of para-hydroxylation sites is 1. The zero-order chi connectivity index (χ0) is 18.7. The number of ether oxygens (including phenoxy) is 1. The van der Waals surface area contributed by atoms with Gasteiger partial charge in [0.15, 0.2) is 0 Å². The summed E-state index contributed by atoms with van der Waals surface area (Å²) in [5.41, 5.74) is 2.54. The molecule has 0 amide bonds. The molecule has 0 saturated carbocycles. The van der Waals surface area contributed by atoms with E-state index in [1.807, 2.05) is 55.5 Å². The van der Waals surface area contributed by atoms with Crippen LogP contribution >= 0.6 is 11.3 Å². The Kier molecular flexibility index (Phi) is 5.27. The van der Waals surface area contributed by atoms with Crippen LogP contribution in [0.15, 0.2) is 48.5 Å². The van der Waals surface area contributed by atoms with Gasteiger partial charge in [0, 0.05) is 4.92 Å². The smallest absolute Gasteiger partial charge is 0.316 e. The van der Waals surface area contributed by atoms with Crippen molar-refractivity contribution in [1.29, 1.82) is 0 Å². The van der Waals surface area contributed by atoms with Crippen molar-refractivity contribution in [3.8, 4) is 0 Å². The lowest BCUT2D eigenvalue weighted by molar-refractivity contribution is -0.483. The van der Waals surface area contributed by atoms with Crippen LogP contribution in [0.4, 0.5) is 0 Å². The Balaban J connectivity index is 2.11. The SMILES string of the molecule is COC(=O)C(c1nc2ccccc2s1)[C@@H](C[N+](=O)[O-])c1ccc(C)cc1. The topological polar surface area (TPSA) is 82.3 Å². The molecule has 1 unspecified atom stereocenters. The number of nitro groups is 1. The first-order chi connectivity index (χ1) is 12.5. The maximum atomic E-state index is 12.6. The third-order valence-electron chi connectivity index (χ3n) is 4.29. The van der Waals surface area contributed by atoms with Crippen LogP contribution in [0.5, 0.6) is 0 Å². The van der Waals surface area contributed by atoms with Crippen LogP contribution in [0, 0.1) is 17.0 Å². The highest BCUT2D eigenvalue weighted by Gasteiger charge is 2.38. The van der Waals surface area contributed by atoms with Gasteiger partial charge >= 0.3 is 5.97 Å². The lowest BCUT2D eigenvalue weighted by Crippen LogP contribution is -2.27. The quantitative estimate of drug-likeness (QED) is 0.373. The third kappa shape index (κ3) is 3.72. The Labute approximate surface area is 154 Å². The van der Waals surface area contributed by atoms with Crippen molar-refractivity contribution in [3.63, 3.8) is 0 Å². The number of benzene rings is 2. The lowest BCUT2D eigenvalue weighted by Gasteiger charge is -2.21. The van der Waals surface area contributed by atoms with E-state index < -0.39 is 22.7 Å². The molecule has 2 atom stereocenters. The van der Waals surface area contributed by atoms with E-state index in [2.05, 4.69) is 4.98 Å². The second-order valence-corrected chi connectivity index (χ2v) is 7.12. The number of thiazole rings is 1. The fourth-order valence-electron chi connectivity index (χ4n) is 2.96. The maximum absolute atomic E-state index is 12.6. The van der Waals surface area contributed by atoms with Crippen LogP contribution in [-0.2, 0) is 9.53 Å². The summed E-state index contributed by atoms with van der Waals surface area (Å²) in [6, 6.07) is 15.0. The van der Waals surface area contributed by atoms with Crippen molar-refractivity contribution in [2.45, 2.75) is 18.8 Å². The van der Waals surface area contributed by atoms with Gasteiger partial charge in [-0.2, -0.15) is 0 Å². The first-order valence-corrected chi connectivity index (χ1v) is 8.93. The number of esters is 1. The first kappa shape index (κ1) is 18.0. The van der Waals surface area contributed by atoms with Crippen LogP contribution in [0.25, 0.3) is 10.2 Å². The summed E-state index contributed by atoms with van der Waals surface area (Å²) in [7, 11) is 1.29. The van der Waals surface area contributed by atoms with Crippen molar-refractivity contribution in [2.24, 2.45) is 0 Å². The molecule has 1 heterocycles. The van der Waals surface area contributed by atoms with E-state index in [4.69, 9.17) is 4.74 Å². The van der Waals surface area contributed by atoms with Gasteiger partial charge in [-0.25, -0.2) is 4.98 Å². The second kappa shape index (κ2) is 7.61. The van der Waals surface area contributed by atoms with Crippen LogP contribution in [-0.4, -0.2) is 29.5 Å². The third-order valence-corrected chi connectivity index (χ3v) is 5.40. The van der Waals surface area contributed by atoms with Crippen molar-refractivity contribution in [2.75, 3.05) is 13.7 Å². The molecule has 0 aliphatic carbocycles. The molecular formula is C19H18N2O4S. The van der Waals surface area contributed by atoms with E-state index in [1.165, 1.54) is 18.4 Å². The molecule has 0 spiro atoms. The summed E-state index contributed by atoms with van der Waals surface area (Å²) < 4.78 is 5.91. The Morgan fingerprint density at radius 1 is 1.23 bits per heavy atom. The zero-order valence-corrected chi connectivity index (χ0v) is 15.2. The molecule has 134 valence electrons. The Hall–Kier alpha value is -2.80. The van der Waals surface area contributed by atoms with Crippen molar-refractivity contribution in [3.05, 3.63) is 74.8 Å². The average molecular weight is 370 g/mol. The molecule has 1 aromatic heterocycles. The predicted octanol–water partition coefficient (Wildman–Crippen LogP) is 3.92. The second-order valence-electron chi connectivity index (χ2n) is 6.05. The van der Waals surface area contributed by atoms with Gasteiger partial charge in [0.05, 0.1) is 23.2 Å². The number of methoxy groups -OCH3 is 1. The Morgan fingerprint density at radius 2 is 1.92 bits per heavy atom. The van der Waals surface area contributed by atoms with Gasteiger partial charge in [0.1, 0.15) is 10.9 Å². The zero-order valence-electron chi connectivity index (χ0n) is 14.4. The van der Waals surface area contributed by atoms with Crippen molar-refractivity contribution in [1.82, 2.24) is 4.98 Å². The molecule has 0 fully saturated rings. The molecule has 2 aromatic carbocycles. The number of nitrogens with zero attached hydrogens (tertiary/aromatic N) is 2. The van der Waals surface area contributed by atoms with E-state index in [0.717, 1.165) is 21.3 Å². The molecule has 0 saturated heterocycles. The van der Waals surface area contributed by atoms with Crippen LogP contribution in [0.2, 0.25) is 0 Å². The number of fused-ring (bicyclic) bond motifs is 1. The van der Waals surface area contributed by atoms with Gasteiger partial charge in [0.2, 0.25) is 6.54 Å². The largest absolute Gasteiger partial charge is 0.468 e. The molecule has 0 aliphatic rings. The highest BCUT2D eigenvalue weighted by molar-refractivity contribution is 7.18. The van der Waals surface area contributed by atoms with E-state index in [1.54, 1.807) is 0 Å². The fourth-order valence-corrected chi connectivity index (χ4v) is 4.09. The van der Waals surface area contributed by atoms with Gasteiger partial charge in [-0.3, -0.25) is 14.9 Å². The molecule has 3 rings (SSSR count). The molecule has 0 aliphatic heterocycles. The molecule has 0 radical (unpaired) electrons. The monoisotopic (exact) mass is 370 g/mol. The normalized spacial score (nSPS) is 13.3. The summed E-state index contributed by atoms with van der Waals surface area (Å²) in [6.07, 6.45) is 0. The fraction of sp³-hybridized carbons (Fsp3) is 0.263. The summed E-state index contributed by atoms with van der Waals surface area (Å²) >= 11 is 1.37. The van der Waals surface area contributed by atoms with Crippen LogP contribution < -0.4 is 0 Å². The van der Waals surface area contributed by atoms with Gasteiger partial charge in [0.25, 0.3) is 0 Å². The highest BCUT2D eigenvalue weighted by atomic mass is 32.1. The summed E-state index contributed by atoms with van der Waals surface area (Å²) in [5, 5.41) is 11.8. The average Bonchev–Trinajstić information content (AvgIpc) is 3.04. The van der Waals surface area contributed by atoms with E-state index in [0.29, 0.717) is 5.01 Å². The minimum Gasteiger partial charge on any atom is -0.468 e. The Bertz CT molecular complexity index is 903. The molecule has 0 bridgehead atoms. The minimum atomic E-state index is -0.828. The number of carbonyl (C=O) groups is 1. The number of hydrogen-bond acceptors (Lipinski definition) is 6. The number of carbonyl (C=O) groups excluding carboxylic acids is 1. The molecule has 0 N–H and O–H groups in total. The first-order valence-electron chi connectivity index (χ1n) is 8.11.